The number of hydrogen-bond donors (Lipinski definition) is 2. The highest BCUT2D eigenvalue weighted by Gasteiger charge is 2.24. The molecule has 0 saturated carbocycles. The lowest BCUT2D eigenvalue weighted by molar-refractivity contribution is -0.119. The summed E-state index contributed by atoms with van der Waals surface area (Å²) in [4.78, 5) is 12.5. The molecule has 1 heterocycles. The van der Waals surface area contributed by atoms with E-state index in [4.69, 9.17) is 0 Å². The third-order valence-corrected chi connectivity index (χ3v) is 4.04. The minimum atomic E-state index is -0.0280. The van der Waals surface area contributed by atoms with Gasteiger partial charge in [0.25, 0.3) is 0 Å². The molecule has 0 spiro atoms. The maximum absolute atomic E-state index is 12.5. The predicted molar refractivity (Wildman–Crippen MR) is 86.7 cm³/mol. The highest BCUT2D eigenvalue weighted by atomic mass is 16.1. The van der Waals surface area contributed by atoms with E-state index in [2.05, 4.69) is 28.8 Å². The average molecular weight is 280 g/mol. The summed E-state index contributed by atoms with van der Waals surface area (Å²) in [6.07, 6.45) is 0.792. The lowest BCUT2D eigenvalue weighted by Crippen LogP contribution is -2.33. The van der Waals surface area contributed by atoms with Crippen molar-refractivity contribution in [1.82, 2.24) is 0 Å². The number of nitrogens with one attached hydrogen (secondary N) is 2. The van der Waals surface area contributed by atoms with Crippen LogP contribution in [0.5, 0.6) is 0 Å². The smallest absolute Gasteiger partial charge is 0.229 e. The van der Waals surface area contributed by atoms with Crippen LogP contribution < -0.4 is 10.6 Å². The van der Waals surface area contributed by atoms with Gasteiger partial charge in [-0.1, -0.05) is 30.3 Å². The Bertz CT molecular complexity index is 679. The van der Waals surface area contributed by atoms with E-state index in [9.17, 15) is 4.79 Å². The highest BCUT2D eigenvalue weighted by Crippen LogP contribution is 2.25. The van der Waals surface area contributed by atoms with Gasteiger partial charge in [0.2, 0.25) is 5.91 Å². The van der Waals surface area contributed by atoms with Crippen LogP contribution >= 0.6 is 0 Å². The van der Waals surface area contributed by atoms with Gasteiger partial charge in [-0.25, -0.2) is 0 Å². The average Bonchev–Trinajstić information content (AvgIpc) is 2.50. The molecule has 0 radical (unpaired) electrons. The summed E-state index contributed by atoms with van der Waals surface area (Å²) in [6, 6.07) is 14.3. The SMILES string of the molecule is Cc1ccc(C)c(NC(=O)C2CNc3ccccc3C2)c1. The lowest BCUT2D eigenvalue weighted by Gasteiger charge is -2.25. The first-order valence-corrected chi connectivity index (χ1v) is 7.33. The maximum Gasteiger partial charge on any atom is 0.229 e. The summed E-state index contributed by atoms with van der Waals surface area (Å²) >= 11 is 0. The number of hydrogen-bond acceptors (Lipinski definition) is 2. The molecule has 3 nitrogen and oxygen atoms in total. The van der Waals surface area contributed by atoms with Crippen molar-refractivity contribution in [3.8, 4) is 0 Å². The van der Waals surface area contributed by atoms with Crippen molar-refractivity contribution in [3.05, 3.63) is 59.2 Å². The van der Waals surface area contributed by atoms with Gasteiger partial charge in [-0.05, 0) is 49.1 Å². The molecule has 1 atom stereocenters. The van der Waals surface area contributed by atoms with Crippen LogP contribution in [0.1, 0.15) is 16.7 Å². The molecule has 1 aliphatic rings. The van der Waals surface area contributed by atoms with Gasteiger partial charge < -0.3 is 10.6 Å². The molecule has 0 aromatic heterocycles. The monoisotopic (exact) mass is 280 g/mol. The number of amides is 1. The minimum absolute atomic E-state index is 0.0280. The largest absolute Gasteiger partial charge is 0.384 e. The molecule has 1 amide bonds. The summed E-state index contributed by atoms with van der Waals surface area (Å²) in [6.45, 7) is 4.74. The van der Waals surface area contributed by atoms with Gasteiger partial charge in [0.15, 0.2) is 0 Å². The van der Waals surface area contributed by atoms with Gasteiger partial charge in [0.05, 0.1) is 5.92 Å². The Balaban J connectivity index is 1.74. The fraction of sp³-hybridized carbons (Fsp3) is 0.278. The summed E-state index contributed by atoms with van der Waals surface area (Å²) in [5.74, 6) is 0.0607. The molecule has 0 aliphatic carbocycles. The molecule has 1 aliphatic heterocycles. The van der Waals surface area contributed by atoms with Crippen molar-refractivity contribution in [2.45, 2.75) is 20.3 Å². The molecule has 0 fully saturated rings. The van der Waals surface area contributed by atoms with Crippen LogP contribution in [-0.2, 0) is 11.2 Å². The topological polar surface area (TPSA) is 41.1 Å². The zero-order valence-corrected chi connectivity index (χ0v) is 12.4. The van der Waals surface area contributed by atoms with Gasteiger partial charge in [-0.3, -0.25) is 4.79 Å². The van der Waals surface area contributed by atoms with Gasteiger partial charge in [0.1, 0.15) is 0 Å². The van der Waals surface area contributed by atoms with Crippen molar-refractivity contribution >= 4 is 17.3 Å². The highest BCUT2D eigenvalue weighted by molar-refractivity contribution is 5.94. The second-order valence-electron chi connectivity index (χ2n) is 5.75. The maximum atomic E-state index is 12.5. The Morgan fingerprint density at radius 2 is 2.00 bits per heavy atom. The van der Waals surface area contributed by atoms with Crippen LogP contribution in [0.15, 0.2) is 42.5 Å². The van der Waals surface area contributed by atoms with Crippen LogP contribution in [0.2, 0.25) is 0 Å². The Kier molecular flexibility index (Phi) is 3.65. The van der Waals surface area contributed by atoms with Gasteiger partial charge in [-0.2, -0.15) is 0 Å². The first-order chi connectivity index (χ1) is 10.1. The summed E-state index contributed by atoms with van der Waals surface area (Å²) in [5, 5.41) is 6.42. The predicted octanol–water partition coefficient (Wildman–Crippen LogP) is 3.53. The number of rotatable bonds is 2. The zero-order chi connectivity index (χ0) is 14.8. The number of para-hydroxylation sites is 1. The van der Waals surface area contributed by atoms with Crippen LogP contribution in [0.25, 0.3) is 0 Å². The van der Waals surface area contributed by atoms with E-state index in [0.29, 0.717) is 6.54 Å². The number of aryl methyl sites for hydroxylation is 2. The Morgan fingerprint density at radius 1 is 1.19 bits per heavy atom. The van der Waals surface area contributed by atoms with Crippen LogP contribution in [0, 0.1) is 19.8 Å². The number of carbonyl (C=O) groups excluding carboxylic acids is 1. The van der Waals surface area contributed by atoms with Crippen molar-refractivity contribution in [2.24, 2.45) is 5.92 Å². The van der Waals surface area contributed by atoms with E-state index >= 15 is 0 Å². The second kappa shape index (κ2) is 5.60. The van der Waals surface area contributed by atoms with E-state index in [-0.39, 0.29) is 11.8 Å². The number of carbonyl (C=O) groups is 1. The van der Waals surface area contributed by atoms with E-state index in [0.717, 1.165) is 28.9 Å². The molecule has 0 saturated heterocycles. The second-order valence-corrected chi connectivity index (χ2v) is 5.75. The molecule has 2 aromatic carbocycles. The van der Waals surface area contributed by atoms with Crippen LogP contribution in [0.3, 0.4) is 0 Å². The number of benzene rings is 2. The third-order valence-electron chi connectivity index (χ3n) is 4.04. The zero-order valence-electron chi connectivity index (χ0n) is 12.4. The molecule has 3 heteroatoms. The fourth-order valence-electron chi connectivity index (χ4n) is 2.73. The summed E-state index contributed by atoms with van der Waals surface area (Å²) in [7, 11) is 0. The van der Waals surface area contributed by atoms with Gasteiger partial charge in [-0.15, -0.1) is 0 Å². The summed E-state index contributed by atoms with van der Waals surface area (Å²) < 4.78 is 0. The third kappa shape index (κ3) is 2.92. The molecule has 2 aromatic rings. The molecular weight excluding hydrogens is 260 g/mol. The molecule has 2 N–H and O–H groups in total. The van der Waals surface area contributed by atoms with Crippen molar-refractivity contribution in [2.75, 3.05) is 17.2 Å². The normalized spacial score (nSPS) is 16.8. The van der Waals surface area contributed by atoms with E-state index in [1.807, 2.05) is 38.1 Å². The van der Waals surface area contributed by atoms with Crippen molar-refractivity contribution in [1.29, 1.82) is 0 Å². The molecule has 21 heavy (non-hydrogen) atoms. The Labute approximate surface area is 125 Å². The van der Waals surface area contributed by atoms with Crippen molar-refractivity contribution in [3.63, 3.8) is 0 Å². The first kappa shape index (κ1) is 13.7. The van der Waals surface area contributed by atoms with Gasteiger partial charge >= 0.3 is 0 Å². The molecule has 0 bridgehead atoms. The molecule has 1 unspecified atom stereocenters. The Morgan fingerprint density at radius 3 is 2.86 bits per heavy atom. The van der Waals surface area contributed by atoms with Crippen molar-refractivity contribution < 1.29 is 4.79 Å². The molecule has 3 rings (SSSR count). The number of fused-ring (bicyclic) bond motifs is 1. The Hall–Kier alpha value is -2.29. The van der Waals surface area contributed by atoms with Crippen LogP contribution in [0.4, 0.5) is 11.4 Å². The quantitative estimate of drug-likeness (QED) is 0.883. The van der Waals surface area contributed by atoms with E-state index in [1.54, 1.807) is 0 Å². The van der Waals surface area contributed by atoms with Gasteiger partial charge in [0, 0.05) is 17.9 Å². The summed E-state index contributed by atoms with van der Waals surface area (Å²) in [5.41, 5.74) is 5.53. The first-order valence-electron chi connectivity index (χ1n) is 7.33. The minimum Gasteiger partial charge on any atom is -0.384 e. The van der Waals surface area contributed by atoms with Crippen LogP contribution in [-0.4, -0.2) is 12.5 Å². The molecular formula is C18H20N2O. The molecule has 108 valence electrons. The lowest BCUT2D eigenvalue weighted by atomic mass is 9.93. The van der Waals surface area contributed by atoms with E-state index in [1.165, 1.54) is 5.56 Å². The number of anilines is 2. The van der Waals surface area contributed by atoms with E-state index < -0.39 is 0 Å². The fourth-order valence-corrected chi connectivity index (χ4v) is 2.73. The standard InChI is InChI=1S/C18H20N2O/c1-12-7-8-13(2)17(9-12)20-18(21)15-10-14-5-3-4-6-16(14)19-11-15/h3-9,15,19H,10-11H2,1-2H3,(H,20,21).